The fourth-order valence-corrected chi connectivity index (χ4v) is 4.99. The molecule has 284 valence electrons. The van der Waals surface area contributed by atoms with Gasteiger partial charge in [-0.3, -0.25) is 0 Å². The SMILES string of the molecule is COC(=O)Oc1ccc(CC(Cc2ccc(OC(=O)OC)cc2)OC(=O)OC(Cc2ccc(OC(=O)OC)cc2)Cc2ccc(OC(=O)OC)cc2)cc1. The van der Waals surface area contributed by atoms with Crippen LogP contribution in [-0.2, 0) is 54.1 Å². The second-order valence-electron chi connectivity index (χ2n) is 11.3. The van der Waals surface area contributed by atoms with Gasteiger partial charge < -0.3 is 47.4 Å². The van der Waals surface area contributed by atoms with Crippen LogP contribution in [0.25, 0.3) is 0 Å². The van der Waals surface area contributed by atoms with E-state index in [2.05, 4.69) is 18.9 Å². The average Bonchev–Trinajstić information content (AvgIpc) is 3.17. The van der Waals surface area contributed by atoms with Crippen molar-refractivity contribution < 1.29 is 71.3 Å². The van der Waals surface area contributed by atoms with Crippen molar-refractivity contribution in [3.05, 3.63) is 119 Å². The largest absolute Gasteiger partial charge is 0.513 e. The Labute approximate surface area is 310 Å². The summed E-state index contributed by atoms with van der Waals surface area (Å²) in [6.45, 7) is 0. The summed E-state index contributed by atoms with van der Waals surface area (Å²) in [7, 11) is 4.80. The smallest absolute Gasteiger partial charge is 0.437 e. The lowest BCUT2D eigenvalue weighted by Gasteiger charge is -2.22. The second-order valence-corrected chi connectivity index (χ2v) is 11.3. The Morgan fingerprint density at radius 2 is 0.556 bits per heavy atom. The van der Waals surface area contributed by atoms with Crippen LogP contribution in [-0.4, -0.2) is 71.4 Å². The van der Waals surface area contributed by atoms with Crippen LogP contribution in [0.2, 0.25) is 0 Å². The van der Waals surface area contributed by atoms with Crippen LogP contribution in [0.5, 0.6) is 23.0 Å². The molecule has 0 saturated heterocycles. The zero-order valence-electron chi connectivity index (χ0n) is 29.8. The molecular formula is C39H38O15. The van der Waals surface area contributed by atoms with Crippen molar-refractivity contribution in [1.29, 1.82) is 0 Å². The molecule has 4 aromatic rings. The van der Waals surface area contributed by atoms with E-state index >= 15 is 0 Å². The molecule has 15 heteroatoms. The third-order valence-corrected chi connectivity index (χ3v) is 7.54. The summed E-state index contributed by atoms with van der Waals surface area (Å²) in [6.07, 6.45) is -4.85. The summed E-state index contributed by atoms with van der Waals surface area (Å²) >= 11 is 0. The second kappa shape index (κ2) is 20.3. The van der Waals surface area contributed by atoms with Crippen molar-refractivity contribution in [2.24, 2.45) is 0 Å². The number of benzene rings is 4. The van der Waals surface area contributed by atoms with Crippen molar-refractivity contribution in [2.75, 3.05) is 28.4 Å². The normalized spacial score (nSPS) is 10.5. The maximum atomic E-state index is 13.5. The first-order chi connectivity index (χ1) is 26.0. The van der Waals surface area contributed by atoms with Crippen molar-refractivity contribution in [2.45, 2.75) is 37.9 Å². The molecule has 0 heterocycles. The molecule has 0 aliphatic heterocycles. The molecule has 0 aromatic heterocycles. The molecule has 0 N–H and O–H groups in total. The van der Waals surface area contributed by atoms with Gasteiger partial charge in [0.05, 0.1) is 28.4 Å². The molecule has 0 radical (unpaired) electrons. The molecule has 0 saturated carbocycles. The summed E-state index contributed by atoms with van der Waals surface area (Å²) in [5, 5.41) is 0. The van der Waals surface area contributed by atoms with Crippen molar-refractivity contribution in [3.63, 3.8) is 0 Å². The molecule has 0 fully saturated rings. The molecule has 0 aliphatic carbocycles. The molecule has 0 atom stereocenters. The topological polar surface area (TPSA) is 178 Å². The number of hydrogen-bond acceptors (Lipinski definition) is 15. The van der Waals surface area contributed by atoms with E-state index in [0.29, 0.717) is 0 Å². The van der Waals surface area contributed by atoms with Crippen molar-refractivity contribution in [1.82, 2.24) is 0 Å². The monoisotopic (exact) mass is 746 g/mol. The van der Waals surface area contributed by atoms with Crippen LogP contribution in [0.15, 0.2) is 97.1 Å². The Hall–Kier alpha value is -6.77. The average molecular weight is 747 g/mol. The number of hydrogen-bond donors (Lipinski definition) is 0. The summed E-state index contributed by atoms with van der Waals surface area (Å²) in [5.74, 6) is 1.06. The van der Waals surface area contributed by atoms with Crippen LogP contribution >= 0.6 is 0 Å². The lowest BCUT2D eigenvalue weighted by Crippen LogP contribution is -2.29. The van der Waals surface area contributed by atoms with E-state index in [-0.39, 0.29) is 48.7 Å². The standard InChI is InChI=1S/C39H38O15/c1-45-35(40)49-29-13-5-25(6-14-29)21-33(22-26-7-15-30(16-8-26)50-36(41)46-2)53-39(44)54-34(23-27-9-17-31(18-10-27)51-37(42)47-3)24-28-11-19-32(20-12-28)52-38(43)48-4/h5-20,33-34H,21-24H2,1-4H3. The third kappa shape index (κ3) is 13.4. The first-order valence-electron chi connectivity index (χ1n) is 16.3. The molecule has 15 nitrogen and oxygen atoms in total. The van der Waals surface area contributed by atoms with Gasteiger partial charge in [-0.15, -0.1) is 0 Å². The minimum Gasteiger partial charge on any atom is -0.437 e. The first kappa shape index (κ1) is 40.0. The Kier molecular flexibility index (Phi) is 15.1. The Morgan fingerprint density at radius 3 is 0.741 bits per heavy atom. The van der Waals surface area contributed by atoms with Gasteiger partial charge in [0.1, 0.15) is 35.2 Å². The molecule has 4 rings (SSSR count). The van der Waals surface area contributed by atoms with Crippen LogP contribution in [0, 0.1) is 0 Å². The van der Waals surface area contributed by atoms with Gasteiger partial charge in [0.25, 0.3) is 0 Å². The van der Waals surface area contributed by atoms with E-state index in [4.69, 9.17) is 28.4 Å². The maximum Gasteiger partial charge on any atom is 0.513 e. The summed E-state index contributed by atoms with van der Waals surface area (Å²) < 4.78 is 50.2. The summed E-state index contributed by atoms with van der Waals surface area (Å²) in [5.41, 5.74) is 3.04. The van der Waals surface area contributed by atoms with E-state index in [1.54, 1.807) is 97.1 Å². The Balaban J connectivity index is 1.53. The van der Waals surface area contributed by atoms with Gasteiger partial charge in [-0.1, -0.05) is 48.5 Å². The minimum absolute atomic E-state index is 0.252. The molecule has 54 heavy (non-hydrogen) atoms. The van der Waals surface area contributed by atoms with Gasteiger partial charge in [-0.25, -0.2) is 24.0 Å². The first-order valence-corrected chi connectivity index (χ1v) is 16.3. The lowest BCUT2D eigenvalue weighted by atomic mass is 10.0. The highest BCUT2D eigenvalue weighted by Gasteiger charge is 2.23. The van der Waals surface area contributed by atoms with E-state index < -0.39 is 43.0 Å². The zero-order chi connectivity index (χ0) is 38.9. The molecule has 0 amide bonds. The number of carbonyl (C=O) groups excluding carboxylic acids is 5. The fourth-order valence-electron chi connectivity index (χ4n) is 4.99. The zero-order valence-corrected chi connectivity index (χ0v) is 29.8. The predicted octanol–water partition coefficient (Wildman–Crippen LogP) is 7.43. The Bertz CT molecular complexity index is 1580. The third-order valence-electron chi connectivity index (χ3n) is 7.54. The van der Waals surface area contributed by atoms with Crippen molar-refractivity contribution >= 4 is 30.8 Å². The quantitative estimate of drug-likeness (QED) is 0.0706. The van der Waals surface area contributed by atoms with Crippen LogP contribution in [0.4, 0.5) is 24.0 Å². The Morgan fingerprint density at radius 1 is 0.352 bits per heavy atom. The molecule has 0 aliphatic rings. The van der Waals surface area contributed by atoms with Crippen molar-refractivity contribution in [3.8, 4) is 23.0 Å². The van der Waals surface area contributed by atoms with E-state index in [0.717, 1.165) is 22.3 Å². The molecule has 4 aromatic carbocycles. The van der Waals surface area contributed by atoms with Crippen LogP contribution < -0.4 is 18.9 Å². The van der Waals surface area contributed by atoms with Crippen LogP contribution in [0.1, 0.15) is 22.3 Å². The summed E-state index contributed by atoms with van der Waals surface area (Å²) in [6, 6.07) is 26.4. The van der Waals surface area contributed by atoms with E-state index in [1.165, 1.54) is 28.4 Å². The van der Waals surface area contributed by atoms with E-state index in [9.17, 15) is 24.0 Å². The molecular weight excluding hydrogens is 708 g/mol. The van der Waals surface area contributed by atoms with Gasteiger partial charge >= 0.3 is 30.8 Å². The predicted molar refractivity (Wildman–Crippen MR) is 188 cm³/mol. The van der Waals surface area contributed by atoms with Crippen LogP contribution in [0.3, 0.4) is 0 Å². The highest BCUT2D eigenvalue weighted by Crippen LogP contribution is 2.22. The minimum atomic E-state index is -0.933. The number of carbonyl (C=O) groups is 5. The lowest BCUT2D eigenvalue weighted by molar-refractivity contribution is -0.00120. The van der Waals surface area contributed by atoms with Gasteiger partial charge in [0.2, 0.25) is 0 Å². The van der Waals surface area contributed by atoms with Gasteiger partial charge in [0, 0.05) is 25.7 Å². The molecule has 0 spiro atoms. The highest BCUT2D eigenvalue weighted by molar-refractivity contribution is 5.65. The van der Waals surface area contributed by atoms with Gasteiger partial charge in [-0.05, 0) is 70.8 Å². The number of ether oxygens (including phenoxy) is 10. The van der Waals surface area contributed by atoms with E-state index in [1.807, 2.05) is 0 Å². The number of methoxy groups -OCH3 is 4. The molecule has 0 unspecified atom stereocenters. The number of rotatable bonds is 14. The fraction of sp³-hybridized carbons (Fsp3) is 0.256. The van der Waals surface area contributed by atoms with Gasteiger partial charge in [-0.2, -0.15) is 0 Å². The maximum absolute atomic E-state index is 13.5. The van der Waals surface area contributed by atoms with Gasteiger partial charge in [0.15, 0.2) is 0 Å². The molecule has 0 bridgehead atoms. The summed E-state index contributed by atoms with van der Waals surface area (Å²) in [4.78, 5) is 59.6. The highest BCUT2D eigenvalue weighted by atomic mass is 16.7.